The second-order valence-corrected chi connectivity index (χ2v) is 4.39. The van der Waals surface area contributed by atoms with Crippen molar-refractivity contribution in [2.75, 3.05) is 5.73 Å². The van der Waals surface area contributed by atoms with Crippen molar-refractivity contribution in [3.05, 3.63) is 29.3 Å². The largest absolute Gasteiger partial charge is 0.480 e. The number of nitrogen functional groups attached to an aromatic ring is 1. The van der Waals surface area contributed by atoms with Crippen molar-refractivity contribution in [1.29, 1.82) is 0 Å². The molecule has 0 aliphatic heterocycles. The number of anilines is 1. The summed E-state index contributed by atoms with van der Waals surface area (Å²) in [5.41, 5.74) is 12.0. The molecule has 108 valence electrons. The minimum absolute atomic E-state index is 0.0578. The molecule has 0 unspecified atom stereocenters. The summed E-state index contributed by atoms with van der Waals surface area (Å²) in [5, 5.41) is 11.4. The van der Waals surface area contributed by atoms with Crippen LogP contribution in [0.15, 0.2) is 18.2 Å². The standard InChI is InChI=1S/C13H17N3O4/c1-7-8(3-2-4-9(7)14)12(18)16-10(13(19)20)5-6-11(15)17/h2-4,10H,5-6,14H2,1H3,(H2,15,17)(H,16,18)(H,19,20)/t10-/m0/s1. The molecule has 1 rings (SSSR count). The van der Waals surface area contributed by atoms with Crippen LogP contribution in [0.1, 0.15) is 28.8 Å². The number of carboxylic acids is 1. The van der Waals surface area contributed by atoms with Crippen LogP contribution in [0.2, 0.25) is 0 Å². The maximum Gasteiger partial charge on any atom is 0.326 e. The van der Waals surface area contributed by atoms with E-state index in [9.17, 15) is 14.4 Å². The van der Waals surface area contributed by atoms with Gasteiger partial charge in [0, 0.05) is 17.7 Å². The Morgan fingerprint density at radius 3 is 2.55 bits per heavy atom. The second kappa shape index (κ2) is 6.55. The zero-order valence-corrected chi connectivity index (χ0v) is 11.1. The van der Waals surface area contributed by atoms with Gasteiger partial charge in [0.15, 0.2) is 0 Å². The number of carbonyl (C=O) groups excluding carboxylic acids is 2. The number of hydrogen-bond donors (Lipinski definition) is 4. The van der Waals surface area contributed by atoms with Gasteiger partial charge in [0.2, 0.25) is 5.91 Å². The molecule has 0 aromatic heterocycles. The average Bonchev–Trinajstić information content (AvgIpc) is 2.36. The number of carbonyl (C=O) groups is 3. The van der Waals surface area contributed by atoms with E-state index in [1.165, 1.54) is 0 Å². The molecule has 7 heteroatoms. The first-order chi connectivity index (χ1) is 9.32. The van der Waals surface area contributed by atoms with Crippen LogP contribution in [-0.4, -0.2) is 28.9 Å². The lowest BCUT2D eigenvalue weighted by atomic mass is 10.1. The molecule has 7 nitrogen and oxygen atoms in total. The van der Waals surface area contributed by atoms with E-state index >= 15 is 0 Å². The molecule has 1 atom stereocenters. The molecular weight excluding hydrogens is 262 g/mol. The lowest BCUT2D eigenvalue weighted by Crippen LogP contribution is -2.41. The first-order valence-corrected chi connectivity index (χ1v) is 6.00. The number of benzene rings is 1. The lowest BCUT2D eigenvalue weighted by Gasteiger charge is -2.15. The van der Waals surface area contributed by atoms with Gasteiger partial charge < -0.3 is 21.9 Å². The third-order valence-electron chi connectivity index (χ3n) is 2.90. The van der Waals surface area contributed by atoms with Gasteiger partial charge in [-0.15, -0.1) is 0 Å². The average molecular weight is 279 g/mol. The zero-order chi connectivity index (χ0) is 15.3. The molecule has 2 amide bonds. The lowest BCUT2D eigenvalue weighted by molar-refractivity contribution is -0.139. The topological polar surface area (TPSA) is 136 Å². The van der Waals surface area contributed by atoms with Crippen LogP contribution in [0, 0.1) is 6.92 Å². The Bertz CT molecular complexity index is 542. The summed E-state index contributed by atoms with van der Waals surface area (Å²) >= 11 is 0. The van der Waals surface area contributed by atoms with E-state index in [4.69, 9.17) is 16.6 Å². The molecule has 0 spiro atoms. The Kier molecular flexibility index (Phi) is 5.08. The van der Waals surface area contributed by atoms with Crippen LogP contribution in [0.3, 0.4) is 0 Å². The summed E-state index contributed by atoms with van der Waals surface area (Å²) in [6, 6.07) is 3.63. The molecule has 0 radical (unpaired) electrons. The van der Waals surface area contributed by atoms with E-state index in [1.807, 2.05) is 0 Å². The van der Waals surface area contributed by atoms with Crippen molar-refractivity contribution in [2.24, 2.45) is 5.73 Å². The van der Waals surface area contributed by atoms with E-state index in [-0.39, 0.29) is 12.8 Å². The summed E-state index contributed by atoms with van der Waals surface area (Å²) in [6.45, 7) is 1.67. The van der Waals surface area contributed by atoms with Crippen molar-refractivity contribution in [3.8, 4) is 0 Å². The summed E-state index contributed by atoms with van der Waals surface area (Å²) in [5.74, 6) is -2.39. The van der Waals surface area contributed by atoms with Crippen LogP contribution in [0.25, 0.3) is 0 Å². The van der Waals surface area contributed by atoms with E-state index in [0.29, 0.717) is 16.8 Å². The predicted molar refractivity (Wildman–Crippen MR) is 72.9 cm³/mol. The van der Waals surface area contributed by atoms with Crippen molar-refractivity contribution in [1.82, 2.24) is 5.32 Å². The number of nitrogens with two attached hydrogens (primary N) is 2. The quantitative estimate of drug-likeness (QED) is 0.544. The maximum absolute atomic E-state index is 12.0. The smallest absolute Gasteiger partial charge is 0.326 e. The molecule has 0 aliphatic rings. The summed E-state index contributed by atoms with van der Waals surface area (Å²) in [4.78, 5) is 33.8. The molecule has 0 fully saturated rings. The van der Waals surface area contributed by atoms with Gasteiger partial charge in [0.25, 0.3) is 5.91 Å². The van der Waals surface area contributed by atoms with E-state index < -0.39 is 23.8 Å². The first kappa shape index (κ1) is 15.5. The Hall–Kier alpha value is -2.57. The molecule has 0 heterocycles. The molecule has 20 heavy (non-hydrogen) atoms. The normalized spacial score (nSPS) is 11.7. The van der Waals surface area contributed by atoms with Crippen molar-refractivity contribution in [3.63, 3.8) is 0 Å². The summed E-state index contributed by atoms with van der Waals surface area (Å²) in [6.07, 6.45) is -0.176. The van der Waals surface area contributed by atoms with Crippen LogP contribution in [0.4, 0.5) is 5.69 Å². The van der Waals surface area contributed by atoms with Gasteiger partial charge in [0.1, 0.15) is 6.04 Å². The minimum atomic E-state index is -1.22. The third-order valence-corrected chi connectivity index (χ3v) is 2.90. The van der Waals surface area contributed by atoms with E-state index in [2.05, 4.69) is 5.32 Å². The van der Waals surface area contributed by atoms with Crippen LogP contribution in [-0.2, 0) is 9.59 Å². The summed E-state index contributed by atoms with van der Waals surface area (Å²) < 4.78 is 0. The SMILES string of the molecule is Cc1c(N)cccc1C(=O)N[C@@H](CCC(N)=O)C(=O)O. The third kappa shape index (κ3) is 3.98. The Labute approximate surface area is 115 Å². The number of hydrogen-bond acceptors (Lipinski definition) is 4. The highest BCUT2D eigenvalue weighted by molar-refractivity contribution is 5.98. The van der Waals surface area contributed by atoms with Crippen molar-refractivity contribution >= 4 is 23.5 Å². The Morgan fingerprint density at radius 2 is 2.00 bits per heavy atom. The number of primary amides is 1. The van der Waals surface area contributed by atoms with Gasteiger partial charge in [-0.3, -0.25) is 9.59 Å². The number of amides is 2. The molecular formula is C13H17N3O4. The highest BCUT2D eigenvalue weighted by Gasteiger charge is 2.22. The zero-order valence-electron chi connectivity index (χ0n) is 11.1. The highest BCUT2D eigenvalue weighted by Crippen LogP contribution is 2.15. The van der Waals surface area contributed by atoms with Gasteiger partial charge in [-0.2, -0.15) is 0 Å². The minimum Gasteiger partial charge on any atom is -0.480 e. The second-order valence-electron chi connectivity index (χ2n) is 4.39. The van der Waals surface area contributed by atoms with Gasteiger partial charge in [-0.05, 0) is 31.0 Å². The monoisotopic (exact) mass is 279 g/mol. The fraction of sp³-hybridized carbons (Fsp3) is 0.308. The van der Waals surface area contributed by atoms with Gasteiger partial charge in [-0.1, -0.05) is 6.07 Å². The molecule has 1 aromatic rings. The van der Waals surface area contributed by atoms with Gasteiger partial charge in [0.05, 0.1) is 0 Å². The predicted octanol–water partition coefficient (Wildman–Crippen LogP) is 0.0257. The van der Waals surface area contributed by atoms with Crippen LogP contribution >= 0.6 is 0 Å². The fourth-order valence-corrected chi connectivity index (χ4v) is 1.68. The van der Waals surface area contributed by atoms with Gasteiger partial charge >= 0.3 is 5.97 Å². The number of nitrogens with one attached hydrogen (secondary N) is 1. The first-order valence-electron chi connectivity index (χ1n) is 6.00. The van der Waals surface area contributed by atoms with Crippen molar-refractivity contribution < 1.29 is 19.5 Å². The molecule has 0 bridgehead atoms. The Morgan fingerprint density at radius 1 is 1.35 bits per heavy atom. The van der Waals surface area contributed by atoms with Crippen LogP contribution in [0.5, 0.6) is 0 Å². The number of aliphatic carboxylic acids is 1. The van der Waals surface area contributed by atoms with E-state index in [0.717, 1.165) is 0 Å². The number of rotatable bonds is 6. The Balaban J connectivity index is 2.83. The fourth-order valence-electron chi connectivity index (χ4n) is 1.68. The maximum atomic E-state index is 12.0. The molecule has 0 saturated carbocycles. The molecule has 6 N–H and O–H groups in total. The van der Waals surface area contributed by atoms with E-state index in [1.54, 1.807) is 25.1 Å². The van der Waals surface area contributed by atoms with Crippen molar-refractivity contribution in [2.45, 2.75) is 25.8 Å². The highest BCUT2D eigenvalue weighted by atomic mass is 16.4. The summed E-state index contributed by atoms with van der Waals surface area (Å²) in [7, 11) is 0. The van der Waals surface area contributed by atoms with Gasteiger partial charge in [-0.25, -0.2) is 4.79 Å². The molecule has 0 saturated heterocycles. The molecule has 1 aromatic carbocycles. The number of carboxylic acid groups (broad SMARTS) is 1. The van der Waals surface area contributed by atoms with Crippen LogP contribution < -0.4 is 16.8 Å². The molecule has 0 aliphatic carbocycles.